The molecule has 3 unspecified atom stereocenters. The average Bonchev–Trinajstić information content (AvgIpc) is 3.27. The average molecular weight is 568 g/mol. The Labute approximate surface area is 241 Å². The lowest BCUT2D eigenvalue weighted by Gasteiger charge is -2.39. The molecule has 3 aliphatic rings. The van der Waals surface area contributed by atoms with Crippen molar-refractivity contribution in [3.05, 3.63) is 35.5 Å². The highest BCUT2D eigenvalue weighted by atomic mass is 16.7. The number of hydrogen-bond acceptors (Lipinski definition) is 8. The van der Waals surface area contributed by atoms with Crippen molar-refractivity contribution in [2.24, 2.45) is 5.92 Å². The molecule has 0 saturated carbocycles. The highest BCUT2D eigenvalue weighted by molar-refractivity contribution is 5.94. The predicted octanol–water partition coefficient (Wildman–Crippen LogP) is 5.50. The number of likely N-dealkylation sites (tertiary alicyclic amines) is 1. The van der Waals surface area contributed by atoms with Gasteiger partial charge in [0.15, 0.2) is 11.5 Å². The minimum absolute atomic E-state index is 0.0140. The number of amides is 1. The van der Waals surface area contributed by atoms with E-state index in [0.717, 1.165) is 24.5 Å². The molecule has 1 N–H and O–H groups in total. The summed E-state index contributed by atoms with van der Waals surface area (Å²) in [5, 5.41) is 9.99. The normalized spacial score (nSPS) is 24.9. The summed E-state index contributed by atoms with van der Waals surface area (Å²) in [6.07, 6.45) is 2.98. The Kier molecular flexibility index (Phi) is 7.57. The van der Waals surface area contributed by atoms with Gasteiger partial charge in [-0.05, 0) is 72.6 Å². The van der Waals surface area contributed by atoms with E-state index < -0.39 is 17.4 Å². The van der Waals surface area contributed by atoms with Gasteiger partial charge >= 0.3 is 12.1 Å². The second-order valence-electron chi connectivity index (χ2n) is 12.6. The predicted molar refractivity (Wildman–Crippen MR) is 154 cm³/mol. The molecule has 10 heteroatoms. The number of nitrogens with zero attached hydrogens (tertiary/aromatic N) is 3. The van der Waals surface area contributed by atoms with Gasteiger partial charge in [-0.1, -0.05) is 0 Å². The van der Waals surface area contributed by atoms with Crippen molar-refractivity contribution in [2.75, 3.05) is 31.1 Å². The van der Waals surface area contributed by atoms with Crippen LogP contribution in [0.4, 0.5) is 10.6 Å². The minimum Gasteiger partial charge on any atom is -0.478 e. The lowest BCUT2D eigenvalue weighted by molar-refractivity contribution is -0.124. The van der Waals surface area contributed by atoms with Crippen molar-refractivity contribution in [3.63, 3.8) is 0 Å². The maximum absolute atomic E-state index is 12.6. The number of aromatic nitrogens is 1. The van der Waals surface area contributed by atoms with E-state index in [9.17, 15) is 14.7 Å². The molecule has 0 bridgehead atoms. The van der Waals surface area contributed by atoms with Gasteiger partial charge in [0, 0.05) is 61.9 Å². The van der Waals surface area contributed by atoms with Crippen LogP contribution in [-0.4, -0.2) is 76.8 Å². The summed E-state index contributed by atoms with van der Waals surface area (Å²) in [5.74, 6) is -0.247. The number of ether oxygens (including phenoxy) is 4. The van der Waals surface area contributed by atoms with Gasteiger partial charge in [-0.2, -0.15) is 0 Å². The van der Waals surface area contributed by atoms with Crippen molar-refractivity contribution >= 4 is 17.9 Å². The van der Waals surface area contributed by atoms with Gasteiger partial charge in [0.2, 0.25) is 0 Å². The van der Waals surface area contributed by atoms with Crippen molar-refractivity contribution in [3.8, 4) is 22.6 Å². The zero-order valence-corrected chi connectivity index (χ0v) is 25.0. The fourth-order valence-electron chi connectivity index (χ4n) is 6.00. The molecule has 1 aromatic heterocycles. The molecule has 41 heavy (non-hydrogen) atoms. The number of piperidine rings is 1. The molecule has 4 heterocycles. The monoisotopic (exact) mass is 567 g/mol. The number of aromatic carboxylic acids is 1. The molecule has 2 fully saturated rings. The van der Waals surface area contributed by atoms with Crippen LogP contribution >= 0.6 is 0 Å². The van der Waals surface area contributed by atoms with Gasteiger partial charge in [-0.25, -0.2) is 14.6 Å². The highest BCUT2D eigenvalue weighted by Gasteiger charge is 2.48. The number of benzene rings is 1. The largest absolute Gasteiger partial charge is 0.478 e. The quantitative estimate of drug-likeness (QED) is 0.512. The Morgan fingerprint density at radius 2 is 1.71 bits per heavy atom. The Morgan fingerprint density at radius 3 is 2.27 bits per heavy atom. The molecule has 3 atom stereocenters. The van der Waals surface area contributed by atoms with E-state index >= 15 is 0 Å². The van der Waals surface area contributed by atoms with Crippen LogP contribution in [0.25, 0.3) is 11.1 Å². The van der Waals surface area contributed by atoms with Crippen molar-refractivity contribution in [2.45, 2.75) is 84.9 Å². The molecule has 0 aliphatic carbocycles. The van der Waals surface area contributed by atoms with Gasteiger partial charge in [0.05, 0.1) is 17.8 Å². The standard InChI is InChI=1S/C31H41N3O7/c1-18-16-34(17-19(2)38-18)25-9-8-21(15-32-25)24-14-23(28(35)36)20(3)26-27(24)40-31(7,39-26)22-10-12-33(13-11-22)29(37)41-30(4,5)6/h8-9,14-15,18-19,22H,10-13,16-17H2,1-7H3,(H,35,36). The van der Waals surface area contributed by atoms with Crippen LogP contribution < -0.4 is 14.4 Å². The molecule has 10 nitrogen and oxygen atoms in total. The summed E-state index contributed by atoms with van der Waals surface area (Å²) in [7, 11) is 0. The second kappa shape index (κ2) is 10.7. The first kappa shape index (κ1) is 29.0. The SMILES string of the molecule is Cc1c(C(=O)O)cc(-c2ccc(N3CC(C)OC(C)C3)nc2)c2c1OC(C)(C1CCN(C(=O)OC(C)(C)C)CC1)O2. The van der Waals surface area contributed by atoms with Crippen molar-refractivity contribution in [1.29, 1.82) is 0 Å². The summed E-state index contributed by atoms with van der Waals surface area (Å²) >= 11 is 0. The summed E-state index contributed by atoms with van der Waals surface area (Å²) < 4.78 is 24.4. The zero-order chi connectivity index (χ0) is 29.7. The number of pyridine rings is 1. The Hall–Kier alpha value is -3.53. The molecule has 2 aromatic rings. The first-order chi connectivity index (χ1) is 19.2. The number of fused-ring (bicyclic) bond motifs is 1. The van der Waals surface area contributed by atoms with E-state index in [1.165, 1.54) is 0 Å². The number of carbonyl (C=O) groups excluding carboxylic acids is 1. The molecule has 1 aromatic carbocycles. The van der Waals surface area contributed by atoms with E-state index in [-0.39, 0.29) is 29.8 Å². The molecule has 0 spiro atoms. The smallest absolute Gasteiger partial charge is 0.410 e. The van der Waals surface area contributed by atoms with Gasteiger partial charge in [0.25, 0.3) is 5.79 Å². The van der Waals surface area contributed by atoms with Crippen LogP contribution in [0.3, 0.4) is 0 Å². The van der Waals surface area contributed by atoms with E-state index in [1.54, 1.807) is 24.1 Å². The topological polar surface area (TPSA) is 111 Å². The number of carboxylic acid groups (broad SMARTS) is 1. The number of carbonyl (C=O) groups is 2. The van der Waals surface area contributed by atoms with E-state index in [0.29, 0.717) is 48.6 Å². The maximum Gasteiger partial charge on any atom is 0.410 e. The zero-order valence-electron chi connectivity index (χ0n) is 25.0. The van der Waals surface area contributed by atoms with Gasteiger partial charge < -0.3 is 33.9 Å². The molecular formula is C31H41N3O7. The molecule has 2 saturated heterocycles. The summed E-state index contributed by atoms with van der Waals surface area (Å²) in [5.41, 5.74) is 1.50. The fourth-order valence-corrected chi connectivity index (χ4v) is 6.00. The third-order valence-electron chi connectivity index (χ3n) is 8.01. The molecule has 222 valence electrons. The number of morpholine rings is 1. The van der Waals surface area contributed by atoms with E-state index in [2.05, 4.69) is 18.7 Å². The first-order valence-corrected chi connectivity index (χ1v) is 14.4. The Morgan fingerprint density at radius 1 is 1.07 bits per heavy atom. The molecule has 0 radical (unpaired) electrons. The summed E-state index contributed by atoms with van der Waals surface area (Å²) in [6.45, 7) is 15.9. The van der Waals surface area contributed by atoms with Crippen LogP contribution in [-0.2, 0) is 9.47 Å². The first-order valence-electron chi connectivity index (χ1n) is 14.4. The molecule has 1 amide bonds. The summed E-state index contributed by atoms with van der Waals surface area (Å²) in [6, 6.07) is 5.54. The highest BCUT2D eigenvalue weighted by Crippen LogP contribution is 2.52. The van der Waals surface area contributed by atoms with Crippen LogP contribution in [0.2, 0.25) is 0 Å². The van der Waals surface area contributed by atoms with Crippen LogP contribution in [0.5, 0.6) is 11.5 Å². The fraction of sp³-hybridized carbons (Fsp3) is 0.581. The van der Waals surface area contributed by atoms with Crippen LogP contribution in [0.1, 0.15) is 70.3 Å². The second-order valence-corrected chi connectivity index (χ2v) is 12.6. The number of rotatable bonds is 4. The Bertz CT molecular complexity index is 1300. The van der Waals surface area contributed by atoms with Crippen molar-refractivity contribution < 1.29 is 33.6 Å². The third-order valence-corrected chi connectivity index (χ3v) is 8.01. The lowest BCUT2D eigenvalue weighted by atomic mass is 9.89. The van der Waals surface area contributed by atoms with Gasteiger partial charge in [-0.3, -0.25) is 0 Å². The van der Waals surface area contributed by atoms with Crippen LogP contribution in [0, 0.1) is 12.8 Å². The number of hydrogen-bond donors (Lipinski definition) is 1. The van der Waals surface area contributed by atoms with Gasteiger partial charge in [0.1, 0.15) is 11.4 Å². The molecule has 3 aliphatic heterocycles. The van der Waals surface area contributed by atoms with Gasteiger partial charge in [-0.15, -0.1) is 0 Å². The molecule has 5 rings (SSSR count). The van der Waals surface area contributed by atoms with Crippen molar-refractivity contribution in [1.82, 2.24) is 9.88 Å². The Balaban J connectivity index is 1.39. The summed E-state index contributed by atoms with van der Waals surface area (Å²) in [4.78, 5) is 33.4. The maximum atomic E-state index is 12.6. The van der Waals surface area contributed by atoms with Crippen LogP contribution in [0.15, 0.2) is 24.4 Å². The lowest BCUT2D eigenvalue weighted by Crippen LogP contribution is -2.50. The minimum atomic E-state index is -1.03. The van der Waals surface area contributed by atoms with E-state index in [1.807, 2.05) is 39.8 Å². The third kappa shape index (κ3) is 5.93. The van der Waals surface area contributed by atoms with E-state index in [4.69, 9.17) is 23.9 Å². The number of anilines is 1. The molecular weight excluding hydrogens is 526 g/mol. The number of carboxylic acids is 1.